The summed E-state index contributed by atoms with van der Waals surface area (Å²) >= 11 is 0. The van der Waals surface area contributed by atoms with E-state index in [1.54, 1.807) is 19.5 Å². The van der Waals surface area contributed by atoms with Gasteiger partial charge in [-0.2, -0.15) is 0 Å². The number of aromatic nitrogens is 2. The number of amides is 1. The van der Waals surface area contributed by atoms with Crippen LogP contribution in [-0.4, -0.2) is 66.3 Å². The summed E-state index contributed by atoms with van der Waals surface area (Å²) in [4.78, 5) is 25.2. The van der Waals surface area contributed by atoms with Gasteiger partial charge in [-0.05, 0) is 18.8 Å². The molecule has 2 saturated heterocycles. The Hall–Kier alpha value is -1.89. The number of carbonyl (C=O) groups excluding carboxylic acids is 1. The highest BCUT2D eigenvalue weighted by Gasteiger charge is 2.41. The zero-order valence-electron chi connectivity index (χ0n) is 15.4. The maximum Gasteiger partial charge on any atom is 0.257 e. The van der Waals surface area contributed by atoms with Crippen LogP contribution in [0.2, 0.25) is 0 Å². The predicted octanol–water partition coefficient (Wildman–Crippen LogP) is 1.73. The Bertz CT molecular complexity index is 600. The molecule has 0 atom stereocenters. The Morgan fingerprint density at radius 2 is 2.00 bits per heavy atom. The summed E-state index contributed by atoms with van der Waals surface area (Å²) in [5.74, 6) is 1.97. The number of morpholine rings is 1. The number of ether oxygens (including phenoxy) is 2. The third-order valence-corrected chi connectivity index (χ3v) is 5.00. The molecule has 0 radical (unpaired) electrons. The summed E-state index contributed by atoms with van der Waals surface area (Å²) in [5.41, 5.74) is -0.213. The average Bonchev–Trinajstić information content (AvgIpc) is 2.61. The molecular formula is C18H28N4O3. The SMILES string of the molecule is COc1nccnc1N1CCOC2(CCN(C(=O)CC(C)C)CC2)C1. The molecule has 25 heavy (non-hydrogen) atoms. The molecule has 138 valence electrons. The fourth-order valence-electron chi connectivity index (χ4n) is 3.65. The van der Waals surface area contributed by atoms with E-state index in [1.165, 1.54) is 0 Å². The van der Waals surface area contributed by atoms with Crippen molar-refractivity contribution in [2.45, 2.75) is 38.7 Å². The van der Waals surface area contributed by atoms with Crippen molar-refractivity contribution in [3.63, 3.8) is 0 Å². The summed E-state index contributed by atoms with van der Waals surface area (Å²) in [6.07, 6.45) is 5.66. The molecule has 3 heterocycles. The molecule has 3 rings (SSSR count). The largest absolute Gasteiger partial charge is 0.478 e. The first-order valence-corrected chi connectivity index (χ1v) is 9.05. The molecule has 0 aromatic carbocycles. The van der Waals surface area contributed by atoms with E-state index in [0.29, 0.717) is 24.8 Å². The molecule has 1 aromatic heterocycles. The fraction of sp³-hybridized carbons (Fsp3) is 0.722. The van der Waals surface area contributed by atoms with Gasteiger partial charge in [-0.3, -0.25) is 4.79 Å². The van der Waals surface area contributed by atoms with Crippen LogP contribution in [0.5, 0.6) is 5.88 Å². The smallest absolute Gasteiger partial charge is 0.257 e. The molecule has 7 heteroatoms. The van der Waals surface area contributed by atoms with Crippen molar-refractivity contribution in [2.75, 3.05) is 44.8 Å². The minimum atomic E-state index is -0.213. The molecule has 0 saturated carbocycles. The minimum absolute atomic E-state index is 0.213. The molecule has 0 bridgehead atoms. The lowest BCUT2D eigenvalue weighted by molar-refractivity contribution is -0.140. The molecule has 0 aliphatic carbocycles. The van der Waals surface area contributed by atoms with Crippen LogP contribution in [0, 0.1) is 5.92 Å². The second-order valence-corrected chi connectivity index (χ2v) is 7.32. The molecule has 2 fully saturated rings. The van der Waals surface area contributed by atoms with Crippen LogP contribution in [0.3, 0.4) is 0 Å². The van der Waals surface area contributed by atoms with Crippen molar-refractivity contribution in [2.24, 2.45) is 5.92 Å². The van der Waals surface area contributed by atoms with Crippen LogP contribution in [0.1, 0.15) is 33.1 Å². The number of hydrogen-bond acceptors (Lipinski definition) is 6. The Labute approximate surface area is 149 Å². The molecule has 1 aromatic rings. The summed E-state index contributed by atoms with van der Waals surface area (Å²) in [5, 5.41) is 0. The topological polar surface area (TPSA) is 67.8 Å². The minimum Gasteiger partial charge on any atom is -0.478 e. The number of carbonyl (C=O) groups is 1. The molecule has 1 spiro atoms. The van der Waals surface area contributed by atoms with Crippen LogP contribution in [0.15, 0.2) is 12.4 Å². The van der Waals surface area contributed by atoms with Crippen molar-refractivity contribution in [1.29, 1.82) is 0 Å². The van der Waals surface area contributed by atoms with Crippen molar-refractivity contribution >= 4 is 11.7 Å². The lowest BCUT2D eigenvalue weighted by Gasteiger charge is -2.47. The average molecular weight is 348 g/mol. The van der Waals surface area contributed by atoms with Gasteiger partial charge in [0.2, 0.25) is 5.91 Å². The highest BCUT2D eigenvalue weighted by molar-refractivity contribution is 5.76. The van der Waals surface area contributed by atoms with Crippen LogP contribution >= 0.6 is 0 Å². The van der Waals surface area contributed by atoms with Crippen LogP contribution in [0.4, 0.5) is 5.82 Å². The Morgan fingerprint density at radius 3 is 2.68 bits per heavy atom. The first-order chi connectivity index (χ1) is 12.0. The number of piperidine rings is 1. The van der Waals surface area contributed by atoms with Crippen LogP contribution in [-0.2, 0) is 9.53 Å². The molecular weight excluding hydrogens is 320 g/mol. The second-order valence-electron chi connectivity index (χ2n) is 7.32. The van der Waals surface area contributed by atoms with Gasteiger partial charge >= 0.3 is 0 Å². The van der Waals surface area contributed by atoms with Crippen molar-refractivity contribution < 1.29 is 14.3 Å². The number of rotatable bonds is 4. The van der Waals surface area contributed by atoms with Crippen LogP contribution < -0.4 is 9.64 Å². The number of anilines is 1. The standard InChI is InChI=1S/C18H28N4O3/c1-14(2)12-15(23)21-8-4-18(5-9-21)13-22(10-11-25-18)16-17(24-3)20-7-6-19-16/h6-7,14H,4-5,8-13H2,1-3H3. The maximum atomic E-state index is 12.3. The van der Waals surface area contributed by atoms with Gasteiger partial charge in [-0.15, -0.1) is 0 Å². The highest BCUT2D eigenvalue weighted by atomic mass is 16.5. The normalized spacial score (nSPS) is 20.2. The first kappa shape index (κ1) is 17.9. The Kier molecular flexibility index (Phi) is 5.42. The highest BCUT2D eigenvalue weighted by Crippen LogP contribution is 2.34. The maximum absolute atomic E-state index is 12.3. The van der Waals surface area contributed by atoms with E-state index in [9.17, 15) is 4.79 Å². The van der Waals surface area contributed by atoms with Crippen molar-refractivity contribution in [3.05, 3.63) is 12.4 Å². The van der Waals surface area contributed by atoms with E-state index in [0.717, 1.165) is 44.8 Å². The van der Waals surface area contributed by atoms with Gasteiger partial charge < -0.3 is 19.3 Å². The lowest BCUT2D eigenvalue weighted by Crippen LogP contribution is -2.57. The van der Waals surface area contributed by atoms with Gasteiger partial charge in [0.05, 0.1) is 19.3 Å². The van der Waals surface area contributed by atoms with E-state index >= 15 is 0 Å². The summed E-state index contributed by atoms with van der Waals surface area (Å²) < 4.78 is 11.5. The van der Waals surface area contributed by atoms with E-state index in [1.807, 2.05) is 4.90 Å². The molecule has 0 N–H and O–H groups in total. The zero-order valence-corrected chi connectivity index (χ0v) is 15.4. The van der Waals surface area contributed by atoms with E-state index < -0.39 is 0 Å². The summed E-state index contributed by atoms with van der Waals surface area (Å²) in [7, 11) is 1.61. The first-order valence-electron chi connectivity index (χ1n) is 9.05. The van der Waals surface area contributed by atoms with E-state index in [2.05, 4.69) is 28.7 Å². The zero-order chi connectivity index (χ0) is 17.9. The summed E-state index contributed by atoms with van der Waals surface area (Å²) in [6, 6.07) is 0. The Morgan fingerprint density at radius 1 is 1.28 bits per heavy atom. The van der Waals surface area contributed by atoms with Gasteiger partial charge in [-0.25, -0.2) is 9.97 Å². The van der Waals surface area contributed by atoms with E-state index in [-0.39, 0.29) is 11.5 Å². The second kappa shape index (κ2) is 7.56. The van der Waals surface area contributed by atoms with Gasteiger partial charge in [0, 0.05) is 45.0 Å². The van der Waals surface area contributed by atoms with Gasteiger partial charge in [0.1, 0.15) is 0 Å². The van der Waals surface area contributed by atoms with Gasteiger partial charge in [0.25, 0.3) is 5.88 Å². The van der Waals surface area contributed by atoms with E-state index in [4.69, 9.17) is 9.47 Å². The van der Waals surface area contributed by atoms with Crippen LogP contribution in [0.25, 0.3) is 0 Å². The lowest BCUT2D eigenvalue weighted by atomic mass is 9.89. The molecule has 2 aliphatic heterocycles. The molecule has 1 amide bonds. The predicted molar refractivity (Wildman–Crippen MR) is 94.7 cm³/mol. The number of likely N-dealkylation sites (tertiary alicyclic amines) is 1. The third kappa shape index (κ3) is 4.03. The Balaban J connectivity index is 1.65. The fourth-order valence-corrected chi connectivity index (χ4v) is 3.65. The molecule has 0 unspecified atom stereocenters. The third-order valence-electron chi connectivity index (χ3n) is 5.00. The van der Waals surface area contributed by atoms with Gasteiger partial charge in [-0.1, -0.05) is 13.8 Å². The van der Waals surface area contributed by atoms with Crippen molar-refractivity contribution in [3.8, 4) is 5.88 Å². The number of methoxy groups -OCH3 is 1. The van der Waals surface area contributed by atoms with Gasteiger partial charge in [0.15, 0.2) is 5.82 Å². The quantitative estimate of drug-likeness (QED) is 0.825. The number of hydrogen-bond donors (Lipinski definition) is 0. The summed E-state index contributed by atoms with van der Waals surface area (Å²) in [6.45, 7) is 7.87. The molecule has 7 nitrogen and oxygen atoms in total. The van der Waals surface area contributed by atoms with Crippen molar-refractivity contribution in [1.82, 2.24) is 14.9 Å². The number of nitrogens with zero attached hydrogens (tertiary/aromatic N) is 4. The monoisotopic (exact) mass is 348 g/mol. The molecule has 2 aliphatic rings.